The summed E-state index contributed by atoms with van der Waals surface area (Å²) in [6.45, 7) is 6.24. The van der Waals surface area contributed by atoms with Gasteiger partial charge in [0.05, 0.1) is 5.69 Å². The van der Waals surface area contributed by atoms with E-state index < -0.39 is 0 Å². The predicted octanol–water partition coefficient (Wildman–Crippen LogP) is 1.60. The maximum absolute atomic E-state index is 5.61. The highest BCUT2D eigenvalue weighted by Gasteiger charge is 2.38. The Morgan fingerprint density at radius 2 is 2.43 bits per heavy atom. The molecule has 0 aromatic carbocycles. The van der Waals surface area contributed by atoms with Crippen LogP contribution in [0.2, 0.25) is 0 Å². The fraction of sp³-hybridized carbons (Fsp3) is 0.727. The molecule has 0 spiro atoms. The summed E-state index contributed by atoms with van der Waals surface area (Å²) in [6.07, 6.45) is 3.32. The first kappa shape index (κ1) is 9.71. The van der Waals surface area contributed by atoms with Crippen LogP contribution < -0.4 is 5.73 Å². The Bertz CT molecular complexity index is 303. The number of nitrogens with zero attached hydrogens (tertiary/aromatic N) is 2. The molecule has 1 aromatic heterocycles. The van der Waals surface area contributed by atoms with Crippen molar-refractivity contribution < 1.29 is 0 Å². The summed E-state index contributed by atoms with van der Waals surface area (Å²) >= 11 is 0. The third-order valence-electron chi connectivity index (χ3n) is 2.82. The van der Waals surface area contributed by atoms with Crippen molar-refractivity contribution in [2.75, 3.05) is 6.54 Å². The molecule has 1 aliphatic carbocycles. The molecule has 1 heterocycles. The third-order valence-corrected chi connectivity index (χ3v) is 2.82. The lowest BCUT2D eigenvalue weighted by Gasteiger charge is -2.03. The minimum Gasteiger partial charge on any atom is -0.330 e. The molecular weight excluding hydrogens is 174 g/mol. The van der Waals surface area contributed by atoms with Gasteiger partial charge in [0, 0.05) is 18.7 Å². The van der Waals surface area contributed by atoms with Gasteiger partial charge in [0.1, 0.15) is 0 Å². The van der Waals surface area contributed by atoms with Crippen molar-refractivity contribution in [2.45, 2.75) is 32.7 Å². The number of rotatable bonds is 4. The molecule has 2 atom stereocenters. The van der Waals surface area contributed by atoms with Gasteiger partial charge in [-0.25, -0.2) is 0 Å². The second kappa shape index (κ2) is 3.73. The first-order chi connectivity index (χ1) is 6.70. The molecule has 14 heavy (non-hydrogen) atoms. The van der Waals surface area contributed by atoms with E-state index >= 15 is 0 Å². The summed E-state index contributed by atoms with van der Waals surface area (Å²) in [5, 5.41) is 4.57. The van der Waals surface area contributed by atoms with E-state index in [2.05, 4.69) is 31.2 Å². The van der Waals surface area contributed by atoms with Gasteiger partial charge in [0.2, 0.25) is 0 Å². The lowest BCUT2D eigenvalue weighted by molar-refractivity contribution is 0.479. The zero-order valence-electron chi connectivity index (χ0n) is 8.98. The van der Waals surface area contributed by atoms with Gasteiger partial charge >= 0.3 is 0 Å². The molecule has 0 saturated heterocycles. The topological polar surface area (TPSA) is 43.8 Å². The van der Waals surface area contributed by atoms with Gasteiger partial charge in [0.25, 0.3) is 0 Å². The molecule has 3 heteroatoms. The van der Waals surface area contributed by atoms with Crippen LogP contribution in [0.3, 0.4) is 0 Å². The maximum atomic E-state index is 5.61. The van der Waals surface area contributed by atoms with Crippen LogP contribution in [0.25, 0.3) is 0 Å². The van der Waals surface area contributed by atoms with Crippen molar-refractivity contribution in [3.63, 3.8) is 0 Å². The summed E-state index contributed by atoms with van der Waals surface area (Å²) in [6, 6.07) is 2.14. The molecule has 3 nitrogen and oxygen atoms in total. The van der Waals surface area contributed by atoms with E-state index in [4.69, 9.17) is 5.73 Å². The van der Waals surface area contributed by atoms with Crippen molar-refractivity contribution in [3.8, 4) is 0 Å². The molecule has 0 aliphatic heterocycles. The largest absolute Gasteiger partial charge is 0.330 e. The smallest absolute Gasteiger partial charge is 0.0658 e. The number of nitrogens with two attached hydrogens (primary N) is 1. The van der Waals surface area contributed by atoms with Crippen molar-refractivity contribution >= 4 is 0 Å². The highest BCUT2D eigenvalue weighted by atomic mass is 15.3. The van der Waals surface area contributed by atoms with Crippen LogP contribution in [0, 0.1) is 11.8 Å². The van der Waals surface area contributed by atoms with Crippen LogP contribution in [-0.2, 0) is 6.54 Å². The molecule has 0 bridgehead atoms. The minimum absolute atomic E-state index is 0.647. The zero-order valence-corrected chi connectivity index (χ0v) is 8.98. The molecule has 78 valence electrons. The molecule has 2 rings (SSSR count). The first-order valence-corrected chi connectivity index (χ1v) is 5.44. The summed E-state index contributed by atoms with van der Waals surface area (Å²) in [7, 11) is 0. The zero-order chi connectivity index (χ0) is 10.1. The molecule has 1 fully saturated rings. The Balaban J connectivity index is 1.97. The Morgan fingerprint density at radius 3 is 3.00 bits per heavy atom. The molecule has 0 unspecified atom stereocenters. The highest BCUT2D eigenvalue weighted by Crippen LogP contribution is 2.45. The van der Waals surface area contributed by atoms with Crippen LogP contribution in [0.1, 0.15) is 31.9 Å². The molecule has 0 radical (unpaired) electrons. The average molecular weight is 193 g/mol. The van der Waals surface area contributed by atoms with Crippen LogP contribution in [-0.4, -0.2) is 16.3 Å². The molecule has 1 aromatic rings. The highest BCUT2D eigenvalue weighted by molar-refractivity contribution is 5.16. The third kappa shape index (κ3) is 1.98. The van der Waals surface area contributed by atoms with Crippen LogP contribution in [0.15, 0.2) is 12.3 Å². The van der Waals surface area contributed by atoms with Crippen molar-refractivity contribution in [2.24, 2.45) is 17.6 Å². The van der Waals surface area contributed by atoms with Crippen LogP contribution in [0.5, 0.6) is 0 Å². The van der Waals surface area contributed by atoms with Crippen molar-refractivity contribution in [1.29, 1.82) is 0 Å². The van der Waals surface area contributed by atoms with E-state index in [0.717, 1.165) is 13.1 Å². The Labute approximate surface area is 85.3 Å². The summed E-state index contributed by atoms with van der Waals surface area (Å²) in [5.41, 5.74) is 6.85. The Kier molecular flexibility index (Phi) is 2.59. The maximum Gasteiger partial charge on any atom is 0.0658 e. The predicted molar refractivity (Wildman–Crippen MR) is 57.0 cm³/mol. The molecule has 1 aliphatic rings. The van der Waals surface area contributed by atoms with E-state index in [9.17, 15) is 0 Å². The standard InChI is InChI=1S/C11H19N3/c1-8(2)7-14-4-3-11(13-14)10-5-9(10)6-12/h3-4,8-10H,5-7,12H2,1-2H3/t9-,10+/m0/s1. The second-order valence-electron chi connectivity index (χ2n) is 4.69. The molecule has 2 N–H and O–H groups in total. The van der Waals surface area contributed by atoms with E-state index in [1.165, 1.54) is 12.1 Å². The summed E-state index contributed by atoms with van der Waals surface area (Å²) < 4.78 is 2.05. The number of aromatic nitrogens is 2. The lowest BCUT2D eigenvalue weighted by Crippen LogP contribution is -2.06. The van der Waals surface area contributed by atoms with Crippen LogP contribution in [0.4, 0.5) is 0 Å². The van der Waals surface area contributed by atoms with Gasteiger partial charge < -0.3 is 5.73 Å². The van der Waals surface area contributed by atoms with Gasteiger partial charge in [-0.05, 0) is 30.9 Å². The fourth-order valence-corrected chi connectivity index (χ4v) is 1.92. The van der Waals surface area contributed by atoms with Crippen LogP contribution >= 0.6 is 0 Å². The van der Waals surface area contributed by atoms with E-state index in [0.29, 0.717) is 17.8 Å². The SMILES string of the molecule is CC(C)Cn1ccc([C@@H]2C[C@H]2CN)n1. The van der Waals surface area contributed by atoms with E-state index in [1.807, 2.05) is 4.68 Å². The normalized spacial score (nSPS) is 25.7. The van der Waals surface area contributed by atoms with Gasteiger partial charge in [0.15, 0.2) is 0 Å². The van der Waals surface area contributed by atoms with Crippen molar-refractivity contribution in [1.82, 2.24) is 9.78 Å². The number of hydrogen-bond acceptors (Lipinski definition) is 2. The summed E-state index contributed by atoms with van der Waals surface area (Å²) in [4.78, 5) is 0. The molecule has 1 saturated carbocycles. The molecule has 0 amide bonds. The quantitative estimate of drug-likeness (QED) is 0.789. The Hall–Kier alpha value is -0.830. The molecular formula is C11H19N3. The fourth-order valence-electron chi connectivity index (χ4n) is 1.92. The van der Waals surface area contributed by atoms with Gasteiger partial charge in [-0.1, -0.05) is 13.8 Å². The van der Waals surface area contributed by atoms with Crippen molar-refractivity contribution in [3.05, 3.63) is 18.0 Å². The second-order valence-corrected chi connectivity index (χ2v) is 4.69. The van der Waals surface area contributed by atoms with Gasteiger partial charge in [-0.15, -0.1) is 0 Å². The van der Waals surface area contributed by atoms with Gasteiger partial charge in [-0.3, -0.25) is 4.68 Å². The van der Waals surface area contributed by atoms with Gasteiger partial charge in [-0.2, -0.15) is 5.10 Å². The minimum atomic E-state index is 0.647. The monoisotopic (exact) mass is 193 g/mol. The lowest BCUT2D eigenvalue weighted by atomic mass is 10.2. The number of hydrogen-bond donors (Lipinski definition) is 1. The summed E-state index contributed by atoms with van der Waals surface area (Å²) in [5.74, 6) is 2.00. The van der Waals surface area contributed by atoms with E-state index in [1.54, 1.807) is 0 Å². The Morgan fingerprint density at radius 1 is 1.64 bits per heavy atom. The van der Waals surface area contributed by atoms with E-state index in [-0.39, 0.29) is 0 Å². The average Bonchev–Trinajstić information content (AvgIpc) is 2.79. The first-order valence-electron chi connectivity index (χ1n) is 5.44.